The van der Waals surface area contributed by atoms with Gasteiger partial charge in [-0.1, -0.05) is 0 Å². The van der Waals surface area contributed by atoms with Gasteiger partial charge in [-0.2, -0.15) is 18.3 Å². The summed E-state index contributed by atoms with van der Waals surface area (Å²) in [6.07, 6.45) is -3.29. The van der Waals surface area contributed by atoms with Gasteiger partial charge in [0.05, 0.1) is 5.69 Å². The first-order valence-electron chi connectivity index (χ1n) is 5.48. The Labute approximate surface area is 106 Å². The molecule has 0 saturated carbocycles. The summed E-state index contributed by atoms with van der Waals surface area (Å²) in [6, 6.07) is 4.73. The molecule has 0 aliphatic heterocycles. The van der Waals surface area contributed by atoms with E-state index >= 15 is 0 Å². The van der Waals surface area contributed by atoms with E-state index in [1.165, 1.54) is 24.4 Å². The van der Waals surface area contributed by atoms with Crippen molar-refractivity contribution >= 4 is 0 Å². The Hall–Kier alpha value is -1.89. The lowest BCUT2D eigenvalue weighted by molar-refractivity contribution is -0.141. The van der Waals surface area contributed by atoms with Gasteiger partial charge in [-0.25, -0.2) is 9.07 Å². The lowest BCUT2D eigenvalue weighted by atomic mass is 10.1. The molecule has 1 aromatic carbocycles. The van der Waals surface area contributed by atoms with Crippen LogP contribution in [-0.2, 0) is 12.7 Å². The lowest BCUT2D eigenvalue weighted by Gasteiger charge is -2.09. The molecular weight excluding hydrogens is 262 g/mol. The van der Waals surface area contributed by atoms with Gasteiger partial charge in [0.25, 0.3) is 0 Å². The number of halogens is 4. The van der Waals surface area contributed by atoms with Gasteiger partial charge in [0.1, 0.15) is 5.82 Å². The molecule has 0 atom stereocenters. The monoisotopic (exact) mass is 273 g/mol. The molecule has 2 rings (SSSR count). The maximum atomic E-state index is 13.1. The molecule has 0 saturated heterocycles. The van der Waals surface area contributed by atoms with Crippen LogP contribution in [0.15, 0.2) is 30.5 Å². The van der Waals surface area contributed by atoms with Crippen molar-refractivity contribution in [2.45, 2.75) is 12.7 Å². The van der Waals surface area contributed by atoms with Crippen molar-refractivity contribution in [2.75, 3.05) is 7.05 Å². The number of alkyl halides is 3. The highest BCUT2D eigenvalue weighted by Crippen LogP contribution is 2.28. The smallest absolute Gasteiger partial charge is 0.316 e. The number of hydrogen-bond donors (Lipinski definition) is 1. The van der Waals surface area contributed by atoms with E-state index in [-0.39, 0.29) is 0 Å². The molecule has 0 unspecified atom stereocenters. The van der Waals surface area contributed by atoms with E-state index < -0.39 is 17.7 Å². The average Bonchev–Trinajstić information content (AvgIpc) is 2.78. The Bertz CT molecular complexity index is 575. The van der Waals surface area contributed by atoms with Gasteiger partial charge in [0.15, 0.2) is 5.69 Å². The maximum Gasteiger partial charge on any atom is 0.435 e. The molecule has 0 fully saturated rings. The normalized spacial score (nSPS) is 11.8. The molecule has 2 aromatic rings. The second kappa shape index (κ2) is 5.00. The van der Waals surface area contributed by atoms with Gasteiger partial charge in [-0.05, 0) is 36.9 Å². The average molecular weight is 273 g/mol. The molecule has 3 nitrogen and oxygen atoms in total. The van der Waals surface area contributed by atoms with Crippen LogP contribution < -0.4 is 5.32 Å². The first kappa shape index (κ1) is 13.5. The van der Waals surface area contributed by atoms with Gasteiger partial charge in [0, 0.05) is 12.7 Å². The van der Waals surface area contributed by atoms with Crippen molar-refractivity contribution in [1.29, 1.82) is 0 Å². The molecular formula is C12H11F4N3. The third-order valence-electron chi connectivity index (χ3n) is 2.54. The van der Waals surface area contributed by atoms with Crippen LogP contribution in [0.4, 0.5) is 17.6 Å². The minimum absolute atomic E-state index is 0.328. The second-order valence-electron chi connectivity index (χ2n) is 3.95. The summed E-state index contributed by atoms with van der Waals surface area (Å²) in [5, 5.41) is 6.29. The van der Waals surface area contributed by atoms with Crippen molar-refractivity contribution in [3.05, 3.63) is 47.5 Å². The van der Waals surface area contributed by atoms with Gasteiger partial charge >= 0.3 is 6.18 Å². The molecule has 0 amide bonds. The van der Waals surface area contributed by atoms with Crippen LogP contribution in [0.3, 0.4) is 0 Å². The second-order valence-corrected chi connectivity index (χ2v) is 3.95. The highest BCUT2D eigenvalue weighted by molar-refractivity contribution is 5.41. The highest BCUT2D eigenvalue weighted by atomic mass is 19.4. The predicted octanol–water partition coefficient (Wildman–Crippen LogP) is 2.75. The fourth-order valence-corrected chi connectivity index (χ4v) is 1.72. The molecule has 102 valence electrons. The first-order valence-corrected chi connectivity index (χ1v) is 5.48. The zero-order valence-electron chi connectivity index (χ0n) is 10.0. The standard InChI is InChI=1S/C12H11F4N3/c1-17-7-8-6-9(13)2-3-10(8)19-5-4-11(18-19)12(14,15)16/h2-6,17H,7H2,1H3. The van der Waals surface area contributed by atoms with Crippen molar-refractivity contribution in [3.63, 3.8) is 0 Å². The number of benzene rings is 1. The van der Waals surface area contributed by atoms with E-state index in [4.69, 9.17) is 0 Å². The molecule has 0 aliphatic rings. The third-order valence-corrected chi connectivity index (χ3v) is 2.54. The summed E-state index contributed by atoms with van der Waals surface area (Å²) in [4.78, 5) is 0. The van der Waals surface area contributed by atoms with Gasteiger partial charge in [-0.15, -0.1) is 0 Å². The van der Waals surface area contributed by atoms with Gasteiger partial charge in [-0.3, -0.25) is 0 Å². The summed E-state index contributed by atoms with van der Waals surface area (Å²) in [7, 11) is 1.67. The number of nitrogens with zero attached hydrogens (tertiary/aromatic N) is 2. The van der Waals surface area contributed by atoms with E-state index in [2.05, 4.69) is 10.4 Å². The largest absolute Gasteiger partial charge is 0.435 e. The zero-order chi connectivity index (χ0) is 14.0. The number of hydrogen-bond acceptors (Lipinski definition) is 2. The Morgan fingerprint density at radius 1 is 1.26 bits per heavy atom. The summed E-state index contributed by atoms with van der Waals surface area (Å²) < 4.78 is 51.7. The van der Waals surface area contributed by atoms with E-state index in [0.29, 0.717) is 17.8 Å². The fraction of sp³-hybridized carbons (Fsp3) is 0.250. The molecule has 19 heavy (non-hydrogen) atoms. The van der Waals surface area contributed by atoms with Gasteiger partial charge < -0.3 is 5.32 Å². The summed E-state index contributed by atoms with van der Waals surface area (Å²) in [5.74, 6) is -0.447. The molecule has 1 N–H and O–H groups in total. The molecule has 7 heteroatoms. The van der Waals surface area contributed by atoms with Crippen molar-refractivity contribution in [3.8, 4) is 5.69 Å². The van der Waals surface area contributed by atoms with E-state index in [9.17, 15) is 17.6 Å². The Balaban J connectivity index is 2.44. The summed E-state index contributed by atoms with van der Waals surface area (Å²) in [5.41, 5.74) is -0.0437. The van der Waals surface area contributed by atoms with Crippen molar-refractivity contribution < 1.29 is 17.6 Å². The van der Waals surface area contributed by atoms with E-state index in [1.807, 2.05) is 0 Å². The predicted molar refractivity (Wildman–Crippen MR) is 61.3 cm³/mol. The maximum absolute atomic E-state index is 13.1. The van der Waals surface area contributed by atoms with Crippen molar-refractivity contribution in [1.82, 2.24) is 15.1 Å². The highest BCUT2D eigenvalue weighted by Gasteiger charge is 2.33. The van der Waals surface area contributed by atoms with Crippen LogP contribution in [0.1, 0.15) is 11.3 Å². The molecule has 1 aromatic heterocycles. The number of aromatic nitrogens is 2. The quantitative estimate of drug-likeness (QED) is 0.871. The summed E-state index contributed by atoms with van der Waals surface area (Å²) >= 11 is 0. The van der Waals surface area contributed by atoms with E-state index in [1.54, 1.807) is 7.05 Å². The van der Waals surface area contributed by atoms with Crippen LogP contribution in [0.5, 0.6) is 0 Å². The minimum atomic E-state index is -4.49. The van der Waals surface area contributed by atoms with Crippen LogP contribution in [0.2, 0.25) is 0 Å². The van der Waals surface area contributed by atoms with Crippen LogP contribution in [0.25, 0.3) is 5.69 Å². The van der Waals surface area contributed by atoms with Crippen LogP contribution in [-0.4, -0.2) is 16.8 Å². The molecule has 1 heterocycles. The van der Waals surface area contributed by atoms with Crippen LogP contribution >= 0.6 is 0 Å². The SMILES string of the molecule is CNCc1cc(F)ccc1-n1ccc(C(F)(F)F)n1. The molecule has 0 radical (unpaired) electrons. The van der Waals surface area contributed by atoms with Gasteiger partial charge in [0.2, 0.25) is 0 Å². The lowest BCUT2D eigenvalue weighted by Crippen LogP contribution is -2.11. The summed E-state index contributed by atoms with van der Waals surface area (Å²) in [6.45, 7) is 0.328. The first-order chi connectivity index (χ1) is 8.91. The number of nitrogens with one attached hydrogen (secondary N) is 1. The Morgan fingerprint density at radius 3 is 2.58 bits per heavy atom. The molecule has 0 bridgehead atoms. The third kappa shape index (κ3) is 2.93. The molecule has 0 aliphatic carbocycles. The fourth-order valence-electron chi connectivity index (χ4n) is 1.72. The topological polar surface area (TPSA) is 29.9 Å². The zero-order valence-corrected chi connectivity index (χ0v) is 10.0. The Kier molecular flexibility index (Phi) is 3.57. The molecule has 0 spiro atoms. The minimum Gasteiger partial charge on any atom is -0.316 e. The van der Waals surface area contributed by atoms with Crippen molar-refractivity contribution in [2.24, 2.45) is 0 Å². The van der Waals surface area contributed by atoms with E-state index in [0.717, 1.165) is 10.7 Å². The van der Waals surface area contributed by atoms with Crippen LogP contribution in [0, 0.1) is 5.82 Å². The number of rotatable bonds is 3. The Morgan fingerprint density at radius 2 is 2.00 bits per heavy atom.